The molecule has 3 heteroatoms. The Labute approximate surface area is 107 Å². The van der Waals surface area contributed by atoms with Crippen molar-refractivity contribution in [1.82, 2.24) is 0 Å². The van der Waals surface area contributed by atoms with Crippen LogP contribution in [0.2, 0.25) is 0 Å². The van der Waals surface area contributed by atoms with Crippen molar-refractivity contribution in [2.24, 2.45) is 5.73 Å². The van der Waals surface area contributed by atoms with E-state index in [0.717, 1.165) is 16.9 Å². The van der Waals surface area contributed by atoms with Crippen molar-refractivity contribution in [3.8, 4) is 6.07 Å². The molecule has 2 N–H and O–H groups in total. The molecule has 2 aromatic rings. The van der Waals surface area contributed by atoms with E-state index in [2.05, 4.69) is 17.0 Å². The topological polar surface area (TPSA) is 53.0 Å². The van der Waals surface area contributed by atoms with Crippen molar-refractivity contribution in [1.29, 1.82) is 5.26 Å². The maximum Gasteiger partial charge on any atom is 0.0991 e. The highest BCUT2D eigenvalue weighted by Gasteiger charge is 2.04. The van der Waals surface area contributed by atoms with Gasteiger partial charge in [-0.3, -0.25) is 0 Å². The first kappa shape index (κ1) is 12.2. The quantitative estimate of drug-likeness (QED) is 0.893. The van der Waals surface area contributed by atoms with E-state index in [0.29, 0.717) is 12.1 Å². The van der Waals surface area contributed by atoms with E-state index in [1.54, 1.807) is 0 Å². The van der Waals surface area contributed by atoms with E-state index in [-0.39, 0.29) is 0 Å². The predicted octanol–water partition coefficient (Wildman–Crippen LogP) is 2.78. The number of anilines is 2. The molecule has 0 aromatic heterocycles. The number of nitrogens with zero attached hydrogens (tertiary/aromatic N) is 2. The lowest BCUT2D eigenvalue weighted by atomic mass is 10.1. The Bertz CT molecular complexity index is 567. The van der Waals surface area contributed by atoms with Crippen LogP contribution in [0.1, 0.15) is 11.1 Å². The van der Waals surface area contributed by atoms with E-state index < -0.39 is 0 Å². The molecule has 0 heterocycles. The second-order valence-corrected chi connectivity index (χ2v) is 4.09. The monoisotopic (exact) mass is 237 g/mol. The molecule has 0 saturated carbocycles. The van der Waals surface area contributed by atoms with Crippen LogP contribution in [0, 0.1) is 11.3 Å². The van der Waals surface area contributed by atoms with Gasteiger partial charge < -0.3 is 10.6 Å². The van der Waals surface area contributed by atoms with Crippen LogP contribution >= 0.6 is 0 Å². The molecule has 0 aliphatic rings. The molecule has 0 aliphatic carbocycles. The van der Waals surface area contributed by atoms with Crippen LogP contribution in [-0.4, -0.2) is 7.05 Å². The van der Waals surface area contributed by atoms with Crippen molar-refractivity contribution in [2.75, 3.05) is 11.9 Å². The predicted molar refractivity (Wildman–Crippen MR) is 73.6 cm³/mol. The number of hydrogen-bond acceptors (Lipinski definition) is 3. The Kier molecular flexibility index (Phi) is 3.61. The number of hydrogen-bond donors (Lipinski definition) is 1. The van der Waals surface area contributed by atoms with Gasteiger partial charge in [0.2, 0.25) is 0 Å². The highest BCUT2D eigenvalue weighted by molar-refractivity contribution is 5.63. The number of benzene rings is 2. The summed E-state index contributed by atoms with van der Waals surface area (Å²) < 4.78 is 0. The molecule has 0 aliphatic heterocycles. The molecule has 0 atom stereocenters. The minimum absolute atomic E-state index is 0.537. The highest BCUT2D eigenvalue weighted by Crippen LogP contribution is 2.24. The van der Waals surface area contributed by atoms with Gasteiger partial charge in [0.1, 0.15) is 0 Å². The molecule has 0 radical (unpaired) electrons. The minimum Gasteiger partial charge on any atom is -0.345 e. The molecule has 0 spiro atoms. The van der Waals surface area contributed by atoms with Gasteiger partial charge in [0, 0.05) is 25.0 Å². The number of rotatable bonds is 3. The van der Waals surface area contributed by atoms with Gasteiger partial charge in [-0.25, -0.2) is 0 Å². The van der Waals surface area contributed by atoms with Crippen LogP contribution in [0.15, 0.2) is 48.5 Å². The Morgan fingerprint density at radius 1 is 1.11 bits per heavy atom. The lowest BCUT2D eigenvalue weighted by Gasteiger charge is -2.20. The third-order valence-electron chi connectivity index (χ3n) is 2.92. The summed E-state index contributed by atoms with van der Waals surface area (Å²) >= 11 is 0. The van der Waals surface area contributed by atoms with Gasteiger partial charge in [-0.1, -0.05) is 12.1 Å². The second kappa shape index (κ2) is 5.35. The average molecular weight is 237 g/mol. The zero-order valence-corrected chi connectivity index (χ0v) is 10.3. The zero-order valence-electron chi connectivity index (χ0n) is 10.3. The maximum atomic E-state index is 8.77. The molecular formula is C15H15N3. The summed E-state index contributed by atoms with van der Waals surface area (Å²) in [5.41, 5.74) is 9.55. The largest absolute Gasteiger partial charge is 0.345 e. The molecule has 18 heavy (non-hydrogen) atoms. The molecular weight excluding hydrogens is 222 g/mol. The van der Waals surface area contributed by atoms with Crippen LogP contribution in [0.3, 0.4) is 0 Å². The van der Waals surface area contributed by atoms with E-state index in [9.17, 15) is 0 Å². The van der Waals surface area contributed by atoms with Crippen LogP contribution in [0.4, 0.5) is 11.4 Å². The Hall–Kier alpha value is -2.31. The fraction of sp³-hybridized carbons (Fsp3) is 0.133. The molecule has 90 valence electrons. The van der Waals surface area contributed by atoms with Gasteiger partial charge in [0.05, 0.1) is 11.6 Å². The summed E-state index contributed by atoms with van der Waals surface area (Å²) in [6, 6.07) is 17.7. The van der Waals surface area contributed by atoms with Crippen LogP contribution in [-0.2, 0) is 6.54 Å². The summed E-state index contributed by atoms with van der Waals surface area (Å²) in [5.74, 6) is 0. The lowest BCUT2D eigenvalue weighted by molar-refractivity contribution is 1.06. The number of nitriles is 1. The fourth-order valence-electron chi connectivity index (χ4n) is 1.80. The van der Waals surface area contributed by atoms with Gasteiger partial charge >= 0.3 is 0 Å². The van der Waals surface area contributed by atoms with Gasteiger partial charge in [-0.15, -0.1) is 0 Å². The zero-order chi connectivity index (χ0) is 13.0. The van der Waals surface area contributed by atoms with Gasteiger partial charge in [0.25, 0.3) is 0 Å². The van der Waals surface area contributed by atoms with E-state index in [1.165, 1.54) is 0 Å². The average Bonchev–Trinajstić information content (AvgIpc) is 2.46. The van der Waals surface area contributed by atoms with Crippen LogP contribution in [0.25, 0.3) is 0 Å². The molecule has 0 saturated heterocycles. The van der Waals surface area contributed by atoms with Crippen molar-refractivity contribution in [2.45, 2.75) is 6.54 Å². The Morgan fingerprint density at radius 2 is 1.83 bits per heavy atom. The summed E-state index contributed by atoms with van der Waals surface area (Å²) in [4.78, 5) is 2.07. The summed E-state index contributed by atoms with van der Waals surface area (Å²) in [5, 5.41) is 8.77. The molecule has 2 aromatic carbocycles. The fourth-order valence-corrected chi connectivity index (χ4v) is 1.80. The second-order valence-electron chi connectivity index (χ2n) is 4.09. The van der Waals surface area contributed by atoms with Gasteiger partial charge in [0.15, 0.2) is 0 Å². The smallest absolute Gasteiger partial charge is 0.0991 e. The molecule has 2 rings (SSSR count). The first-order valence-electron chi connectivity index (χ1n) is 5.77. The molecule has 0 bridgehead atoms. The third-order valence-corrected chi connectivity index (χ3v) is 2.92. The van der Waals surface area contributed by atoms with Gasteiger partial charge in [-0.05, 0) is 42.0 Å². The molecule has 0 unspecified atom stereocenters. The van der Waals surface area contributed by atoms with Crippen molar-refractivity contribution >= 4 is 11.4 Å². The summed E-state index contributed by atoms with van der Waals surface area (Å²) in [6.07, 6.45) is 0. The van der Waals surface area contributed by atoms with Gasteiger partial charge in [-0.2, -0.15) is 5.26 Å². The Morgan fingerprint density at radius 3 is 2.44 bits per heavy atom. The third kappa shape index (κ3) is 2.50. The van der Waals surface area contributed by atoms with Crippen molar-refractivity contribution in [3.63, 3.8) is 0 Å². The highest BCUT2D eigenvalue weighted by atomic mass is 15.1. The van der Waals surface area contributed by atoms with E-state index in [4.69, 9.17) is 11.0 Å². The van der Waals surface area contributed by atoms with E-state index >= 15 is 0 Å². The molecule has 0 fully saturated rings. The minimum atomic E-state index is 0.537. The normalized spacial score (nSPS) is 9.83. The summed E-state index contributed by atoms with van der Waals surface area (Å²) in [7, 11) is 2.00. The SMILES string of the molecule is CN(c1ccc(C#N)cc1)c1cccc(CN)c1. The first-order chi connectivity index (χ1) is 8.74. The van der Waals surface area contributed by atoms with Crippen molar-refractivity contribution in [3.05, 3.63) is 59.7 Å². The Balaban J connectivity index is 2.29. The molecule has 0 amide bonds. The lowest BCUT2D eigenvalue weighted by Crippen LogP contribution is -2.10. The van der Waals surface area contributed by atoms with Crippen LogP contribution in [0.5, 0.6) is 0 Å². The standard InChI is InChI=1S/C15H15N3/c1-18(14-7-5-12(10-16)6-8-14)15-4-2-3-13(9-15)11-17/h2-9H,11,17H2,1H3. The van der Waals surface area contributed by atoms with Crippen molar-refractivity contribution < 1.29 is 0 Å². The molecule has 3 nitrogen and oxygen atoms in total. The first-order valence-corrected chi connectivity index (χ1v) is 5.77. The summed E-state index contributed by atoms with van der Waals surface area (Å²) in [6.45, 7) is 0.537. The number of nitrogens with two attached hydrogens (primary N) is 1. The maximum absolute atomic E-state index is 8.77. The van der Waals surface area contributed by atoms with Crippen LogP contribution < -0.4 is 10.6 Å². The van der Waals surface area contributed by atoms with E-state index in [1.807, 2.05) is 49.5 Å².